The van der Waals surface area contributed by atoms with Gasteiger partial charge in [0.2, 0.25) is 10.0 Å². The second kappa shape index (κ2) is 6.12. The molecular weight excluding hydrogens is 311 g/mol. The van der Waals surface area contributed by atoms with Crippen molar-refractivity contribution in [2.24, 2.45) is 0 Å². The number of nitrogens with one attached hydrogen (secondary N) is 1. The molecule has 0 saturated heterocycles. The number of hydrogen-bond acceptors (Lipinski definition) is 3. The van der Waals surface area contributed by atoms with Crippen molar-refractivity contribution in [1.82, 2.24) is 4.72 Å². The van der Waals surface area contributed by atoms with Crippen molar-refractivity contribution in [2.75, 3.05) is 6.54 Å². The summed E-state index contributed by atoms with van der Waals surface area (Å²) in [6.45, 7) is -0.801. The molecule has 4 nitrogen and oxygen atoms in total. The number of benzene rings is 1. The van der Waals surface area contributed by atoms with Gasteiger partial charge in [-0.3, -0.25) is 0 Å². The molecule has 2 N–H and O–H groups in total. The van der Waals surface area contributed by atoms with Gasteiger partial charge in [-0.15, -0.1) is 0 Å². The summed E-state index contributed by atoms with van der Waals surface area (Å²) in [5.74, 6) is 0. The smallest absolute Gasteiger partial charge is 0.265 e. The van der Waals surface area contributed by atoms with Crippen LogP contribution in [0, 0.1) is 0 Å². The highest BCUT2D eigenvalue weighted by molar-refractivity contribution is 7.89. The van der Waals surface area contributed by atoms with Crippen molar-refractivity contribution >= 4 is 33.2 Å². The quantitative estimate of drug-likeness (QED) is 0.871. The lowest BCUT2D eigenvalue weighted by atomic mass is 10.4. The number of halogens is 4. The van der Waals surface area contributed by atoms with Crippen molar-refractivity contribution in [3.8, 4) is 0 Å². The first-order chi connectivity index (χ1) is 8.22. The number of aliphatic hydroxyl groups is 1. The van der Waals surface area contributed by atoms with Crippen LogP contribution in [-0.4, -0.2) is 32.6 Å². The van der Waals surface area contributed by atoms with Crippen LogP contribution in [0.3, 0.4) is 0 Å². The Labute approximate surface area is 113 Å². The van der Waals surface area contributed by atoms with E-state index in [0.717, 1.165) is 12.1 Å². The molecule has 0 spiro atoms. The fraction of sp³-hybridized carbons (Fsp3) is 0.333. The highest BCUT2D eigenvalue weighted by atomic mass is 35.5. The summed E-state index contributed by atoms with van der Waals surface area (Å²) >= 11 is 11.2. The van der Waals surface area contributed by atoms with Crippen LogP contribution in [0.4, 0.5) is 8.78 Å². The summed E-state index contributed by atoms with van der Waals surface area (Å²) in [7, 11) is -4.05. The fourth-order valence-corrected chi connectivity index (χ4v) is 2.83. The Kier molecular flexibility index (Phi) is 5.30. The Morgan fingerprint density at radius 2 is 1.72 bits per heavy atom. The Morgan fingerprint density at radius 1 is 1.22 bits per heavy atom. The van der Waals surface area contributed by atoms with E-state index in [2.05, 4.69) is 0 Å². The van der Waals surface area contributed by atoms with Gasteiger partial charge in [0.15, 0.2) is 0 Å². The van der Waals surface area contributed by atoms with E-state index < -0.39 is 29.1 Å². The van der Waals surface area contributed by atoms with E-state index >= 15 is 0 Å². The van der Waals surface area contributed by atoms with E-state index in [4.69, 9.17) is 28.3 Å². The van der Waals surface area contributed by atoms with Gasteiger partial charge in [-0.1, -0.05) is 23.2 Å². The molecule has 0 saturated carbocycles. The first-order valence-electron chi connectivity index (χ1n) is 4.64. The highest BCUT2D eigenvalue weighted by Gasteiger charge is 2.21. The molecule has 1 unspecified atom stereocenters. The summed E-state index contributed by atoms with van der Waals surface area (Å²) in [6, 6.07) is 3.56. The number of sulfonamides is 1. The monoisotopic (exact) mass is 319 g/mol. The van der Waals surface area contributed by atoms with E-state index in [1.165, 1.54) is 6.07 Å². The molecule has 1 aromatic carbocycles. The van der Waals surface area contributed by atoms with Gasteiger partial charge in [0.1, 0.15) is 6.10 Å². The first-order valence-corrected chi connectivity index (χ1v) is 6.88. The van der Waals surface area contributed by atoms with Gasteiger partial charge >= 0.3 is 0 Å². The van der Waals surface area contributed by atoms with Crippen LogP contribution in [0.5, 0.6) is 0 Å². The van der Waals surface area contributed by atoms with Crippen LogP contribution < -0.4 is 4.72 Å². The zero-order valence-electron chi connectivity index (χ0n) is 8.78. The van der Waals surface area contributed by atoms with Crippen LogP contribution in [-0.2, 0) is 10.0 Å². The zero-order chi connectivity index (χ0) is 13.9. The third kappa shape index (κ3) is 4.33. The molecule has 0 fully saturated rings. The summed E-state index contributed by atoms with van der Waals surface area (Å²) in [6.07, 6.45) is -5.11. The average Bonchev–Trinajstić information content (AvgIpc) is 2.24. The fourth-order valence-electron chi connectivity index (χ4n) is 1.05. The van der Waals surface area contributed by atoms with Gasteiger partial charge in [0.25, 0.3) is 6.43 Å². The van der Waals surface area contributed by atoms with Gasteiger partial charge in [-0.2, -0.15) is 0 Å². The minimum atomic E-state index is -4.05. The maximum Gasteiger partial charge on any atom is 0.265 e. The van der Waals surface area contributed by atoms with E-state index in [-0.39, 0.29) is 14.9 Å². The molecule has 0 radical (unpaired) electrons. The summed E-state index contributed by atoms with van der Waals surface area (Å²) in [4.78, 5) is -0.263. The molecule has 9 heteroatoms. The van der Waals surface area contributed by atoms with Crippen LogP contribution in [0.2, 0.25) is 10.0 Å². The van der Waals surface area contributed by atoms with Crippen molar-refractivity contribution in [3.05, 3.63) is 28.2 Å². The third-order valence-corrected chi connectivity index (χ3v) is 3.76. The molecule has 102 valence electrons. The van der Waals surface area contributed by atoms with Crippen molar-refractivity contribution < 1.29 is 22.3 Å². The molecule has 0 amide bonds. The Morgan fingerprint density at radius 3 is 2.17 bits per heavy atom. The number of hydrogen-bond donors (Lipinski definition) is 2. The Balaban J connectivity index is 2.86. The lowest BCUT2D eigenvalue weighted by molar-refractivity contribution is -0.000451. The van der Waals surface area contributed by atoms with E-state index in [1.807, 2.05) is 4.72 Å². The molecule has 0 aliphatic rings. The Hall–Kier alpha value is -0.470. The van der Waals surface area contributed by atoms with Crippen molar-refractivity contribution in [1.29, 1.82) is 0 Å². The van der Waals surface area contributed by atoms with Crippen LogP contribution >= 0.6 is 23.2 Å². The van der Waals surface area contributed by atoms with Gasteiger partial charge in [0, 0.05) is 16.6 Å². The number of aliphatic hydroxyl groups excluding tert-OH is 1. The summed E-state index contributed by atoms with van der Waals surface area (Å²) in [5.41, 5.74) is 0. The molecule has 0 aromatic heterocycles. The third-order valence-electron chi connectivity index (χ3n) is 1.92. The van der Waals surface area contributed by atoms with Crippen molar-refractivity contribution in [3.63, 3.8) is 0 Å². The highest BCUT2D eigenvalue weighted by Crippen LogP contribution is 2.22. The second-order valence-corrected chi connectivity index (χ2v) is 6.00. The lowest BCUT2D eigenvalue weighted by Gasteiger charge is -2.11. The average molecular weight is 320 g/mol. The molecule has 1 aromatic rings. The predicted octanol–water partition coefficient (Wildman–Crippen LogP) is 1.90. The zero-order valence-corrected chi connectivity index (χ0v) is 11.1. The normalized spacial score (nSPS) is 13.9. The van der Waals surface area contributed by atoms with Gasteiger partial charge in [0.05, 0.1) is 4.90 Å². The van der Waals surface area contributed by atoms with Gasteiger partial charge in [-0.05, 0) is 18.2 Å². The number of alkyl halides is 2. The molecule has 0 bridgehead atoms. The predicted molar refractivity (Wildman–Crippen MR) is 63.7 cm³/mol. The first kappa shape index (κ1) is 15.6. The van der Waals surface area contributed by atoms with Crippen molar-refractivity contribution in [2.45, 2.75) is 17.4 Å². The molecule has 0 aliphatic heterocycles. The largest absolute Gasteiger partial charge is 0.386 e. The standard InChI is InChI=1S/C9H9Cl2F2NO3S/c10-5-1-6(11)3-7(2-5)18(16,17)14-4-8(15)9(12)13/h1-3,8-9,14-15H,4H2. The van der Waals surface area contributed by atoms with E-state index in [0.29, 0.717) is 0 Å². The van der Waals surface area contributed by atoms with Crippen LogP contribution in [0.1, 0.15) is 0 Å². The molecule has 1 atom stereocenters. The van der Waals surface area contributed by atoms with E-state index in [9.17, 15) is 17.2 Å². The van der Waals surface area contributed by atoms with Crippen LogP contribution in [0.15, 0.2) is 23.1 Å². The van der Waals surface area contributed by atoms with Gasteiger partial charge < -0.3 is 5.11 Å². The molecule has 18 heavy (non-hydrogen) atoms. The minimum absolute atomic E-state index is 0.0947. The minimum Gasteiger partial charge on any atom is -0.386 e. The lowest BCUT2D eigenvalue weighted by Crippen LogP contribution is -2.35. The molecule has 1 rings (SSSR count). The SMILES string of the molecule is O=S(=O)(NCC(O)C(F)F)c1cc(Cl)cc(Cl)c1. The topological polar surface area (TPSA) is 66.4 Å². The molecular formula is C9H9Cl2F2NO3S. The maximum absolute atomic E-state index is 12.0. The number of rotatable bonds is 5. The van der Waals surface area contributed by atoms with Crippen LogP contribution in [0.25, 0.3) is 0 Å². The van der Waals surface area contributed by atoms with E-state index in [1.54, 1.807) is 0 Å². The van der Waals surface area contributed by atoms with Gasteiger partial charge in [-0.25, -0.2) is 21.9 Å². The summed E-state index contributed by atoms with van der Waals surface area (Å²) < 4.78 is 49.2. The molecule has 0 aliphatic carbocycles. The molecule has 0 heterocycles. The summed E-state index contributed by atoms with van der Waals surface area (Å²) in [5, 5.41) is 9.01. The second-order valence-electron chi connectivity index (χ2n) is 3.36. The Bertz CT molecular complexity index is 504. The maximum atomic E-state index is 12.0.